The summed E-state index contributed by atoms with van der Waals surface area (Å²) in [6.45, 7) is 0. The summed E-state index contributed by atoms with van der Waals surface area (Å²) in [5.74, 6) is 0.695. The Morgan fingerprint density at radius 2 is 1.25 bits per heavy atom. The van der Waals surface area contributed by atoms with E-state index in [2.05, 4.69) is 91.0 Å². The molecule has 6 aromatic carbocycles. The van der Waals surface area contributed by atoms with Crippen molar-refractivity contribution in [2.75, 3.05) is 0 Å². The van der Waals surface area contributed by atoms with Crippen molar-refractivity contribution in [2.45, 2.75) is 0 Å². The van der Waals surface area contributed by atoms with E-state index in [9.17, 15) is 0 Å². The summed E-state index contributed by atoms with van der Waals surface area (Å²) >= 11 is 0.140. The summed E-state index contributed by atoms with van der Waals surface area (Å²) in [6, 6.07) is 48.2. The molecule has 0 amide bonds. The summed E-state index contributed by atoms with van der Waals surface area (Å²) in [5, 5.41) is 4.57. The Balaban J connectivity index is 1.23. The molecular weight excluding hydrogens is 605 g/mol. The first kappa shape index (κ1) is 25.2. The van der Waals surface area contributed by atoms with Crippen LogP contribution in [0.15, 0.2) is 144 Å². The number of aromatic nitrogens is 3. The standard InChI is InChI=1S/C39H23N3OSe/c1-3-10-24(11-4-1)32-23-33(29-15-9-17-35-36(29)30-14-7-8-16-34(30)43-35)41-38(40-32)27-18-20-28-26(22-27)19-21-31-37(28)44-39(42-31)25-12-5-2-6-13-25/h1-23H. The van der Waals surface area contributed by atoms with Crippen LogP contribution in [-0.4, -0.2) is 29.5 Å². The number of hydrogen-bond donors (Lipinski definition) is 0. The van der Waals surface area contributed by atoms with Crippen LogP contribution in [0.4, 0.5) is 0 Å². The van der Waals surface area contributed by atoms with E-state index in [0.29, 0.717) is 5.82 Å². The molecule has 5 heteroatoms. The van der Waals surface area contributed by atoms with E-state index in [-0.39, 0.29) is 14.5 Å². The van der Waals surface area contributed by atoms with Gasteiger partial charge in [0.15, 0.2) is 0 Å². The fourth-order valence-electron chi connectivity index (χ4n) is 6.02. The van der Waals surface area contributed by atoms with Gasteiger partial charge in [0.05, 0.1) is 0 Å². The zero-order chi connectivity index (χ0) is 29.0. The predicted molar refractivity (Wildman–Crippen MR) is 181 cm³/mol. The van der Waals surface area contributed by atoms with Gasteiger partial charge < -0.3 is 0 Å². The zero-order valence-electron chi connectivity index (χ0n) is 23.4. The number of hydrogen-bond acceptors (Lipinski definition) is 4. The van der Waals surface area contributed by atoms with Gasteiger partial charge in [-0.05, 0) is 6.07 Å². The molecular formula is C39H23N3OSe. The molecule has 206 valence electrons. The molecule has 9 aromatic rings. The fourth-order valence-corrected chi connectivity index (χ4v) is 8.34. The molecule has 0 bridgehead atoms. The number of fused-ring (bicyclic) bond motifs is 6. The summed E-state index contributed by atoms with van der Waals surface area (Å²) in [6.07, 6.45) is 0. The Morgan fingerprint density at radius 1 is 0.500 bits per heavy atom. The van der Waals surface area contributed by atoms with Gasteiger partial charge in [-0.25, -0.2) is 0 Å². The van der Waals surface area contributed by atoms with Gasteiger partial charge in [0.1, 0.15) is 0 Å². The Labute approximate surface area is 259 Å². The molecule has 0 unspecified atom stereocenters. The van der Waals surface area contributed by atoms with Crippen LogP contribution in [0.2, 0.25) is 0 Å². The molecule has 3 aromatic heterocycles. The molecule has 0 aliphatic rings. The number of para-hydroxylation sites is 1. The average Bonchev–Trinajstić information content (AvgIpc) is 3.71. The predicted octanol–water partition coefficient (Wildman–Crippen LogP) is 9.80. The molecule has 0 saturated heterocycles. The molecule has 0 fully saturated rings. The van der Waals surface area contributed by atoms with Gasteiger partial charge in [-0.2, -0.15) is 0 Å². The number of furan rings is 1. The third kappa shape index (κ3) is 4.17. The molecule has 0 N–H and O–H groups in total. The second kappa shape index (κ2) is 10.1. The maximum absolute atomic E-state index is 6.21. The SMILES string of the molecule is c1ccc(-c2cc(-c3cccc4oc5ccccc5c34)nc(-c3ccc4c(ccc5nc(-c6ccccc6)[se]c54)c3)n2)cc1. The van der Waals surface area contributed by atoms with E-state index in [0.717, 1.165) is 55.5 Å². The first-order valence-corrected chi connectivity index (χ1v) is 16.2. The van der Waals surface area contributed by atoms with Gasteiger partial charge in [-0.15, -0.1) is 0 Å². The number of rotatable bonds is 4. The minimum atomic E-state index is 0.140. The summed E-state index contributed by atoms with van der Waals surface area (Å²) in [5.41, 5.74) is 8.81. The van der Waals surface area contributed by atoms with Gasteiger partial charge >= 0.3 is 242 Å². The second-order valence-electron chi connectivity index (χ2n) is 10.8. The van der Waals surface area contributed by atoms with E-state index in [1.165, 1.54) is 25.2 Å². The monoisotopic (exact) mass is 629 g/mol. The molecule has 0 atom stereocenters. The first-order valence-electron chi connectivity index (χ1n) is 14.5. The Hall–Kier alpha value is -5.35. The minimum absolute atomic E-state index is 0.140. The molecule has 44 heavy (non-hydrogen) atoms. The molecule has 9 rings (SSSR count). The van der Waals surface area contributed by atoms with Gasteiger partial charge in [0.2, 0.25) is 0 Å². The molecule has 0 radical (unpaired) electrons. The van der Waals surface area contributed by atoms with Gasteiger partial charge in [0.25, 0.3) is 0 Å². The van der Waals surface area contributed by atoms with Crippen molar-refractivity contribution >= 4 is 57.0 Å². The Bertz CT molecular complexity index is 2500. The third-order valence-electron chi connectivity index (χ3n) is 8.12. The van der Waals surface area contributed by atoms with Crippen molar-refractivity contribution in [1.82, 2.24) is 15.0 Å². The van der Waals surface area contributed by atoms with Crippen LogP contribution in [0.25, 0.3) is 86.5 Å². The van der Waals surface area contributed by atoms with Crippen molar-refractivity contribution in [3.63, 3.8) is 0 Å². The van der Waals surface area contributed by atoms with Crippen LogP contribution in [-0.2, 0) is 0 Å². The molecule has 3 heterocycles. The van der Waals surface area contributed by atoms with Gasteiger partial charge in [-0.1, -0.05) is 12.1 Å². The van der Waals surface area contributed by atoms with E-state index in [4.69, 9.17) is 19.4 Å². The summed E-state index contributed by atoms with van der Waals surface area (Å²) in [7, 11) is 0. The van der Waals surface area contributed by atoms with E-state index in [1.54, 1.807) is 0 Å². The van der Waals surface area contributed by atoms with Gasteiger partial charge in [0, 0.05) is 0 Å². The second-order valence-corrected chi connectivity index (χ2v) is 12.9. The van der Waals surface area contributed by atoms with E-state index in [1.807, 2.05) is 48.5 Å². The molecule has 0 spiro atoms. The average molecular weight is 629 g/mol. The molecule has 4 nitrogen and oxygen atoms in total. The van der Waals surface area contributed by atoms with Crippen LogP contribution < -0.4 is 0 Å². The first-order chi connectivity index (χ1) is 21.8. The summed E-state index contributed by atoms with van der Waals surface area (Å²) < 4.78 is 8.72. The fraction of sp³-hybridized carbons (Fsp3) is 0. The van der Waals surface area contributed by atoms with E-state index >= 15 is 0 Å². The Morgan fingerprint density at radius 3 is 2.11 bits per heavy atom. The third-order valence-corrected chi connectivity index (χ3v) is 10.5. The normalized spacial score (nSPS) is 11.6. The topological polar surface area (TPSA) is 51.8 Å². The van der Waals surface area contributed by atoms with Crippen molar-refractivity contribution < 1.29 is 4.42 Å². The van der Waals surface area contributed by atoms with Crippen LogP contribution in [0.3, 0.4) is 0 Å². The molecule has 0 aliphatic heterocycles. The van der Waals surface area contributed by atoms with E-state index < -0.39 is 0 Å². The van der Waals surface area contributed by atoms with Crippen molar-refractivity contribution in [2.24, 2.45) is 0 Å². The van der Waals surface area contributed by atoms with Crippen molar-refractivity contribution in [3.05, 3.63) is 140 Å². The Kier molecular flexibility index (Phi) is 5.80. The quantitative estimate of drug-likeness (QED) is 0.182. The van der Waals surface area contributed by atoms with Crippen molar-refractivity contribution in [1.29, 1.82) is 0 Å². The van der Waals surface area contributed by atoms with Crippen molar-refractivity contribution in [3.8, 4) is 44.0 Å². The van der Waals surface area contributed by atoms with Crippen LogP contribution in [0.1, 0.15) is 0 Å². The number of nitrogens with zero attached hydrogens (tertiary/aromatic N) is 3. The summed E-state index contributed by atoms with van der Waals surface area (Å²) in [4.78, 5) is 15.3. The molecule has 0 saturated carbocycles. The number of benzene rings is 6. The van der Waals surface area contributed by atoms with Crippen LogP contribution in [0.5, 0.6) is 0 Å². The zero-order valence-corrected chi connectivity index (χ0v) is 25.2. The van der Waals surface area contributed by atoms with Crippen LogP contribution in [0, 0.1) is 0 Å². The van der Waals surface area contributed by atoms with Gasteiger partial charge in [-0.3, -0.25) is 0 Å². The van der Waals surface area contributed by atoms with Crippen LogP contribution >= 0.6 is 0 Å². The molecule has 0 aliphatic carbocycles. The maximum atomic E-state index is 6.21.